The summed E-state index contributed by atoms with van der Waals surface area (Å²) >= 11 is 0. The molecular formula is C10H22N2O3S. The molecule has 1 rings (SSSR count). The molecule has 0 unspecified atom stereocenters. The first kappa shape index (κ1) is 13.9. The molecule has 5 nitrogen and oxygen atoms in total. The van der Waals surface area contributed by atoms with Crippen LogP contribution in [-0.4, -0.2) is 46.0 Å². The highest BCUT2D eigenvalue weighted by molar-refractivity contribution is 7.89. The van der Waals surface area contributed by atoms with Gasteiger partial charge in [-0.15, -0.1) is 0 Å². The quantitative estimate of drug-likeness (QED) is 0.569. The SMILES string of the molecule is CC(C)OCCS(=O)(=O)NCCNC1CC1. The first-order valence-corrected chi connectivity index (χ1v) is 7.47. The van der Waals surface area contributed by atoms with Crippen LogP contribution in [0, 0.1) is 0 Å². The summed E-state index contributed by atoms with van der Waals surface area (Å²) in [6.45, 7) is 5.19. The predicted molar refractivity (Wildman–Crippen MR) is 63.9 cm³/mol. The van der Waals surface area contributed by atoms with Gasteiger partial charge >= 0.3 is 0 Å². The van der Waals surface area contributed by atoms with Crippen molar-refractivity contribution in [2.24, 2.45) is 0 Å². The van der Waals surface area contributed by atoms with Crippen molar-refractivity contribution < 1.29 is 13.2 Å². The number of hydrogen-bond acceptors (Lipinski definition) is 4. The lowest BCUT2D eigenvalue weighted by molar-refractivity contribution is 0.0911. The fraction of sp³-hybridized carbons (Fsp3) is 1.00. The largest absolute Gasteiger partial charge is 0.378 e. The Morgan fingerprint density at radius 2 is 2.00 bits per heavy atom. The second-order valence-corrected chi connectivity index (χ2v) is 6.29. The third-order valence-electron chi connectivity index (χ3n) is 2.26. The molecular weight excluding hydrogens is 228 g/mol. The Bertz CT molecular complexity index is 286. The zero-order chi connectivity index (χ0) is 12.0. The van der Waals surface area contributed by atoms with Gasteiger partial charge in [0.1, 0.15) is 0 Å². The van der Waals surface area contributed by atoms with Crippen molar-refractivity contribution in [3.8, 4) is 0 Å². The van der Waals surface area contributed by atoms with Gasteiger partial charge in [0.05, 0.1) is 18.5 Å². The molecule has 0 heterocycles. The first-order valence-electron chi connectivity index (χ1n) is 5.82. The van der Waals surface area contributed by atoms with E-state index in [1.54, 1.807) is 0 Å². The lowest BCUT2D eigenvalue weighted by Gasteiger charge is -2.09. The van der Waals surface area contributed by atoms with Crippen molar-refractivity contribution in [3.05, 3.63) is 0 Å². The van der Waals surface area contributed by atoms with Gasteiger partial charge in [-0.1, -0.05) is 0 Å². The zero-order valence-corrected chi connectivity index (χ0v) is 10.8. The molecule has 0 aliphatic heterocycles. The Morgan fingerprint density at radius 3 is 2.56 bits per heavy atom. The minimum atomic E-state index is -3.17. The van der Waals surface area contributed by atoms with Crippen molar-refractivity contribution in [2.75, 3.05) is 25.4 Å². The molecule has 1 saturated carbocycles. The van der Waals surface area contributed by atoms with Crippen LogP contribution < -0.4 is 10.0 Å². The van der Waals surface area contributed by atoms with Crippen molar-refractivity contribution in [1.29, 1.82) is 0 Å². The fourth-order valence-corrected chi connectivity index (χ4v) is 2.11. The van der Waals surface area contributed by atoms with Crippen molar-refractivity contribution in [3.63, 3.8) is 0 Å². The van der Waals surface area contributed by atoms with E-state index >= 15 is 0 Å². The monoisotopic (exact) mass is 250 g/mol. The third-order valence-corrected chi connectivity index (χ3v) is 3.61. The average molecular weight is 250 g/mol. The second kappa shape index (κ2) is 6.54. The van der Waals surface area contributed by atoms with E-state index in [1.165, 1.54) is 12.8 Å². The van der Waals surface area contributed by atoms with Crippen LogP contribution in [0.15, 0.2) is 0 Å². The summed E-state index contributed by atoms with van der Waals surface area (Å²) in [5.74, 6) is 0.0363. The number of sulfonamides is 1. The van der Waals surface area contributed by atoms with Gasteiger partial charge in [0, 0.05) is 19.1 Å². The molecule has 1 fully saturated rings. The first-order chi connectivity index (χ1) is 7.49. The van der Waals surface area contributed by atoms with Gasteiger partial charge < -0.3 is 10.1 Å². The van der Waals surface area contributed by atoms with Crippen LogP contribution in [0.25, 0.3) is 0 Å². The van der Waals surface area contributed by atoms with Gasteiger partial charge in [0.25, 0.3) is 0 Å². The van der Waals surface area contributed by atoms with Crippen molar-refractivity contribution >= 4 is 10.0 Å². The normalized spacial score (nSPS) is 16.9. The van der Waals surface area contributed by atoms with Crippen LogP contribution >= 0.6 is 0 Å². The molecule has 1 aliphatic rings. The average Bonchev–Trinajstić information content (AvgIpc) is 2.95. The molecule has 0 aromatic rings. The Labute approximate surface area is 98.0 Å². The molecule has 2 N–H and O–H groups in total. The molecule has 0 aromatic carbocycles. The maximum absolute atomic E-state index is 11.5. The van der Waals surface area contributed by atoms with E-state index in [9.17, 15) is 8.42 Å². The van der Waals surface area contributed by atoms with E-state index in [4.69, 9.17) is 4.74 Å². The summed E-state index contributed by atoms with van der Waals surface area (Å²) in [5, 5.41) is 3.25. The number of ether oxygens (including phenoxy) is 1. The van der Waals surface area contributed by atoms with Crippen LogP contribution in [0.2, 0.25) is 0 Å². The van der Waals surface area contributed by atoms with E-state index in [0.29, 0.717) is 19.1 Å². The molecule has 0 amide bonds. The summed E-state index contributed by atoms with van der Waals surface area (Å²) in [6, 6.07) is 0.619. The highest BCUT2D eigenvalue weighted by Gasteiger charge is 2.19. The van der Waals surface area contributed by atoms with Crippen molar-refractivity contribution in [1.82, 2.24) is 10.0 Å². The van der Waals surface area contributed by atoms with Crippen LogP contribution in [0.3, 0.4) is 0 Å². The number of hydrogen-bond donors (Lipinski definition) is 2. The van der Waals surface area contributed by atoms with Crippen LogP contribution in [0.4, 0.5) is 0 Å². The molecule has 0 saturated heterocycles. The van der Waals surface area contributed by atoms with Crippen LogP contribution in [0.1, 0.15) is 26.7 Å². The molecule has 0 aromatic heterocycles. The minimum absolute atomic E-state index is 0.0363. The van der Waals surface area contributed by atoms with Gasteiger partial charge in [-0.3, -0.25) is 0 Å². The van der Waals surface area contributed by atoms with E-state index in [1.807, 2.05) is 13.8 Å². The van der Waals surface area contributed by atoms with Crippen LogP contribution in [0.5, 0.6) is 0 Å². The summed E-state index contributed by atoms with van der Waals surface area (Å²) in [6.07, 6.45) is 2.51. The van der Waals surface area contributed by atoms with Gasteiger partial charge in [-0.05, 0) is 26.7 Å². The second-order valence-electron chi connectivity index (χ2n) is 4.36. The van der Waals surface area contributed by atoms with Gasteiger partial charge in [0.2, 0.25) is 10.0 Å². The summed E-state index contributed by atoms with van der Waals surface area (Å²) in [4.78, 5) is 0. The lowest BCUT2D eigenvalue weighted by Crippen LogP contribution is -2.35. The molecule has 96 valence electrons. The van der Waals surface area contributed by atoms with E-state index in [2.05, 4.69) is 10.0 Å². The predicted octanol–water partition coefficient (Wildman–Crippen LogP) is 0.0828. The Balaban J connectivity index is 2.02. The van der Waals surface area contributed by atoms with E-state index < -0.39 is 10.0 Å². The number of nitrogens with one attached hydrogen (secondary N) is 2. The minimum Gasteiger partial charge on any atom is -0.378 e. The summed E-state index contributed by atoms with van der Waals surface area (Å²) < 4.78 is 30.6. The molecule has 0 atom stereocenters. The standard InChI is InChI=1S/C10H22N2O3S/c1-9(2)15-7-8-16(13,14)12-6-5-11-10-3-4-10/h9-12H,3-8H2,1-2H3. The van der Waals surface area contributed by atoms with Gasteiger partial charge in [-0.25, -0.2) is 13.1 Å². The zero-order valence-electron chi connectivity index (χ0n) is 10.0. The Kier molecular flexibility index (Phi) is 5.68. The highest BCUT2D eigenvalue weighted by Crippen LogP contribution is 2.17. The highest BCUT2D eigenvalue weighted by atomic mass is 32.2. The third kappa shape index (κ3) is 7.16. The molecule has 0 spiro atoms. The lowest BCUT2D eigenvalue weighted by atomic mass is 10.5. The maximum Gasteiger partial charge on any atom is 0.213 e. The smallest absolute Gasteiger partial charge is 0.213 e. The topological polar surface area (TPSA) is 67.4 Å². The maximum atomic E-state index is 11.5. The Morgan fingerprint density at radius 1 is 1.31 bits per heavy atom. The summed E-state index contributed by atoms with van der Waals surface area (Å²) in [7, 11) is -3.17. The van der Waals surface area contributed by atoms with Gasteiger partial charge in [-0.2, -0.15) is 0 Å². The van der Waals surface area contributed by atoms with Crippen molar-refractivity contribution in [2.45, 2.75) is 38.8 Å². The number of rotatable bonds is 9. The molecule has 1 aliphatic carbocycles. The van der Waals surface area contributed by atoms with E-state index in [0.717, 1.165) is 0 Å². The molecule has 0 radical (unpaired) electrons. The van der Waals surface area contributed by atoms with Crippen LogP contribution in [-0.2, 0) is 14.8 Å². The molecule has 16 heavy (non-hydrogen) atoms. The van der Waals surface area contributed by atoms with E-state index in [-0.39, 0.29) is 18.5 Å². The van der Waals surface area contributed by atoms with Gasteiger partial charge in [0.15, 0.2) is 0 Å². The molecule has 0 bridgehead atoms. The molecule has 6 heteroatoms. The summed E-state index contributed by atoms with van der Waals surface area (Å²) in [5.41, 5.74) is 0. The Hall–Kier alpha value is -0.170. The fourth-order valence-electron chi connectivity index (χ4n) is 1.24.